The van der Waals surface area contributed by atoms with Crippen LogP contribution in [0.1, 0.15) is 52.5 Å². The molecule has 1 aromatic rings. The molecular formula is C19H34N4O2S. The lowest BCUT2D eigenvalue weighted by atomic mass is 10.2. The Hall–Kier alpha value is -1.60. The first-order valence-corrected chi connectivity index (χ1v) is 10.9. The van der Waals surface area contributed by atoms with Crippen LogP contribution in [0.4, 0.5) is 0 Å². The van der Waals surface area contributed by atoms with Gasteiger partial charge in [-0.2, -0.15) is 4.31 Å². The number of nitrogens with one attached hydrogen (secondary N) is 2. The lowest BCUT2D eigenvalue weighted by Crippen LogP contribution is -2.37. The molecule has 0 unspecified atom stereocenters. The third-order valence-electron chi connectivity index (χ3n) is 4.16. The highest BCUT2D eigenvalue weighted by atomic mass is 32.2. The molecule has 2 N–H and O–H groups in total. The molecule has 148 valence electrons. The third-order valence-corrected chi connectivity index (χ3v) is 6.21. The fourth-order valence-corrected chi connectivity index (χ4v) is 3.67. The molecule has 0 radical (unpaired) electrons. The first-order chi connectivity index (χ1) is 12.3. The minimum atomic E-state index is -3.44. The maximum Gasteiger partial charge on any atom is 0.243 e. The molecule has 0 heterocycles. The smallest absolute Gasteiger partial charge is 0.243 e. The molecule has 1 rings (SSSR count). The molecule has 0 saturated carbocycles. The van der Waals surface area contributed by atoms with Crippen molar-refractivity contribution < 1.29 is 8.42 Å². The van der Waals surface area contributed by atoms with Gasteiger partial charge in [-0.05, 0) is 44.9 Å². The Morgan fingerprint density at radius 2 is 1.77 bits per heavy atom. The number of unbranched alkanes of at least 4 members (excludes halogenated alkanes) is 2. The summed E-state index contributed by atoms with van der Waals surface area (Å²) in [6.07, 6.45) is 3.51. The lowest BCUT2D eigenvalue weighted by Gasteiger charge is -2.21. The van der Waals surface area contributed by atoms with Crippen molar-refractivity contribution in [1.29, 1.82) is 0 Å². The maximum absolute atomic E-state index is 12.5. The summed E-state index contributed by atoms with van der Waals surface area (Å²) in [6, 6.07) is 6.88. The van der Waals surface area contributed by atoms with E-state index < -0.39 is 10.0 Å². The summed E-state index contributed by atoms with van der Waals surface area (Å²) in [7, 11) is -1.84. The van der Waals surface area contributed by atoms with Gasteiger partial charge in [-0.25, -0.2) is 13.4 Å². The molecule has 6 nitrogen and oxygen atoms in total. The zero-order chi connectivity index (χ0) is 19.6. The SMILES string of the molecule is CCCCCNC(=NCc1ccc(S(=O)(=O)N(C)C(C)C)cc1)NCC. The average Bonchev–Trinajstić information content (AvgIpc) is 2.62. The summed E-state index contributed by atoms with van der Waals surface area (Å²) in [5.41, 5.74) is 0.974. The molecule has 0 aliphatic heterocycles. The Morgan fingerprint density at radius 1 is 1.12 bits per heavy atom. The predicted molar refractivity (Wildman–Crippen MR) is 109 cm³/mol. The topological polar surface area (TPSA) is 73.8 Å². The summed E-state index contributed by atoms with van der Waals surface area (Å²) in [6.45, 7) is 10.1. The highest BCUT2D eigenvalue weighted by Crippen LogP contribution is 2.17. The molecule has 0 fully saturated rings. The number of hydrogen-bond donors (Lipinski definition) is 2. The fraction of sp³-hybridized carbons (Fsp3) is 0.632. The van der Waals surface area contributed by atoms with E-state index in [1.807, 2.05) is 32.9 Å². The van der Waals surface area contributed by atoms with Crippen LogP contribution in [0.25, 0.3) is 0 Å². The number of nitrogens with zero attached hydrogens (tertiary/aromatic N) is 2. The van der Waals surface area contributed by atoms with Gasteiger partial charge in [-0.3, -0.25) is 0 Å². The highest BCUT2D eigenvalue weighted by Gasteiger charge is 2.22. The first kappa shape index (κ1) is 22.4. The Kier molecular flexibility index (Phi) is 9.65. The molecule has 0 bridgehead atoms. The number of sulfonamides is 1. The molecule has 0 atom stereocenters. The molecule has 26 heavy (non-hydrogen) atoms. The highest BCUT2D eigenvalue weighted by molar-refractivity contribution is 7.89. The van der Waals surface area contributed by atoms with Crippen molar-refractivity contribution in [2.45, 2.75) is 64.4 Å². The number of guanidine groups is 1. The van der Waals surface area contributed by atoms with Crippen molar-refractivity contribution >= 4 is 16.0 Å². The van der Waals surface area contributed by atoms with Crippen molar-refractivity contribution in [3.8, 4) is 0 Å². The quantitative estimate of drug-likeness (QED) is 0.371. The van der Waals surface area contributed by atoms with Crippen molar-refractivity contribution in [2.24, 2.45) is 4.99 Å². The van der Waals surface area contributed by atoms with Gasteiger partial charge >= 0.3 is 0 Å². The lowest BCUT2D eigenvalue weighted by molar-refractivity contribution is 0.410. The third kappa shape index (κ3) is 6.96. The van der Waals surface area contributed by atoms with Crippen LogP contribution in [-0.2, 0) is 16.6 Å². The van der Waals surface area contributed by atoms with Crippen molar-refractivity contribution in [2.75, 3.05) is 20.1 Å². The van der Waals surface area contributed by atoms with E-state index in [1.54, 1.807) is 19.2 Å². The molecule has 0 aliphatic carbocycles. The number of hydrogen-bond acceptors (Lipinski definition) is 3. The van der Waals surface area contributed by atoms with Gasteiger partial charge in [0, 0.05) is 26.2 Å². The van der Waals surface area contributed by atoms with Crippen LogP contribution >= 0.6 is 0 Å². The van der Waals surface area contributed by atoms with Crippen molar-refractivity contribution in [1.82, 2.24) is 14.9 Å². The van der Waals surface area contributed by atoms with E-state index in [0.29, 0.717) is 11.4 Å². The van der Waals surface area contributed by atoms with E-state index in [-0.39, 0.29) is 6.04 Å². The average molecular weight is 383 g/mol. The van der Waals surface area contributed by atoms with E-state index in [9.17, 15) is 8.42 Å². The molecule has 0 saturated heterocycles. The van der Waals surface area contributed by atoms with E-state index >= 15 is 0 Å². The van der Waals surface area contributed by atoms with Gasteiger partial charge in [-0.1, -0.05) is 31.9 Å². The summed E-state index contributed by atoms with van der Waals surface area (Å²) >= 11 is 0. The Labute approximate surface area is 159 Å². The van der Waals surface area contributed by atoms with Crippen molar-refractivity contribution in [3.63, 3.8) is 0 Å². The summed E-state index contributed by atoms with van der Waals surface area (Å²) in [5.74, 6) is 0.792. The molecular weight excluding hydrogens is 348 g/mol. The second kappa shape index (κ2) is 11.2. The fourth-order valence-electron chi connectivity index (χ4n) is 2.30. The van der Waals surface area contributed by atoms with Crippen LogP contribution in [0.3, 0.4) is 0 Å². The van der Waals surface area contributed by atoms with Crippen LogP contribution in [0.5, 0.6) is 0 Å². The van der Waals surface area contributed by atoms with E-state index in [2.05, 4.69) is 22.5 Å². The molecule has 0 spiro atoms. The van der Waals surface area contributed by atoms with Crippen LogP contribution in [0.2, 0.25) is 0 Å². The minimum Gasteiger partial charge on any atom is -0.357 e. The standard InChI is InChI=1S/C19H34N4O2S/c1-6-8-9-14-21-19(20-7-2)22-15-17-10-12-18(13-11-17)26(24,25)23(5)16(3)4/h10-13,16H,6-9,14-15H2,1-5H3,(H2,20,21,22). The summed E-state index contributed by atoms with van der Waals surface area (Å²) in [4.78, 5) is 4.88. The van der Waals surface area contributed by atoms with Gasteiger partial charge in [0.25, 0.3) is 0 Å². The van der Waals surface area contributed by atoms with Gasteiger partial charge in [0.1, 0.15) is 0 Å². The predicted octanol–water partition coefficient (Wildman–Crippen LogP) is 2.96. The van der Waals surface area contributed by atoms with Gasteiger partial charge in [0.05, 0.1) is 11.4 Å². The van der Waals surface area contributed by atoms with Crippen molar-refractivity contribution in [3.05, 3.63) is 29.8 Å². The zero-order valence-corrected chi connectivity index (χ0v) is 17.6. The molecule has 0 aromatic heterocycles. The monoisotopic (exact) mass is 382 g/mol. The Balaban J connectivity index is 2.75. The second-order valence-corrected chi connectivity index (χ2v) is 8.59. The van der Waals surface area contributed by atoms with E-state index in [1.165, 1.54) is 17.1 Å². The normalized spacial score (nSPS) is 12.7. The summed E-state index contributed by atoms with van der Waals surface area (Å²) < 4.78 is 26.4. The van der Waals surface area contributed by atoms with Crippen LogP contribution in [-0.4, -0.2) is 44.9 Å². The summed E-state index contributed by atoms with van der Waals surface area (Å²) in [5, 5.41) is 6.55. The van der Waals surface area contributed by atoms with E-state index in [4.69, 9.17) is 0 Å². The molecule has 1 aromatic carbocycles. The first-order valence-electron chi connectivity index (χ1n) is 9.42. The second-order valence-electron chi connectivity index (χ2n) is 6.59. The molecule has 7 heteroatoms. The Morgan fingerprint density at radius 3 is 2.31 bits per heavy atom. The number of rotatable bonds is 10. The van der Waals surface area contributed by atoms with Crippen LogP contribution in [0.15, 0.2) is 34.2 Å². The van der Waals surface area contributed by atoms with Gasteiger partial charge in [-0.15, -0.1) is 0 Å². The van der Waals surface area contributed by atoms with Crippen LogP contribution < -0.4 is 10.6 Å². The maximum atomic E-state index is 12.5. The zero-order valence-electron chi connectivity index (χ0n) is 16.7. The number of aliphatic imine (C=N–C) groups is 1. The largest absolute Gasteiger partial charge is 0.357 e. The van der Waals surface area contributed by atoms with Gasteiger partial charge in [0.15, 0.2) is 5.96 Å². The van der Waals surface area contributed by atoms with Crippen LogP contribution in [0, 0.1) is 0 Å². The van der Waals surface area contributed by atoms with Gasteiger partial charge in [0.2, 0.25) is 10.0 Å². The minimum absolute atomic E-state index is 0.0780. The molecule has 0 amide bonds. The number of benzene rings is 1. The molecule has 0 aliphatic rings. The van der Waals surface area contributed by atoms with E-state index in [0.717, 1.165) is 31.0 Å². The van der Waals surface area contributed by atoms with Gasteiger partial charge < -0.3 is 10.6 Å². The Bertz CT molecular complexity index is 655.